The van der Waals surface area contributed by atoms with Crippen LogP contribution in [0.5, 0.6) is 17.2 Å². The van der Waals surface area contributed by atoms with Crippen LogP contribution in [0.2, 0.25) is 0 Å². The molecule has 0 radical (unpaired) electrons. The van der Waals surface area contributed by atoms with E-state index in [1.807, 2.05) is 18.2 Å². The second-order valence-corrected chi connectivity index (χ2v) is 10.4. The summed E-state index contributed by atoms with van der Waals surface area (Å²) in [6.07, 6.45) is 3.32. The molecule has 1 N–H and O–H groups in total. The van der Waals surface area contributed by atoms with E-state index in [0.29, 0.717) is 54.9 Å². The van der Waals surface area contributed by atoms with Crippen LogP contribution in [0.15, 0.2) is 42.5 Å². The van der Waals surface area contributed by atoms with E-state index in [1.165, 1.54) is 4.31 Å². The normalized spacial score (nSPS) is 18.9. The topological polar surface area (TPSA) is 102 Å². The van der Waals surface area contributed by atoms with Crippen LogP contribution in [-0.2, 0) is 27.0 Å². The summed E-state index contributed by atoms with van der Waals surface area (Å²) in [4.78, 5) is 12.2. The van der Waals surface area contributed by atoms with Crippen LogP contribution in [0.25, 0.3) is 0 Å². The Morgan fingerprint density at radius 3 is 2.24 bits per heavy atom. The van der Waals surface area contributed by atoms with Crippen molar-refractivity contribution in [2.75, 3.05) is 27.9 Å². The van der Waals surface area contributed by atoms with Crippen molar-refractivity contribution in [1.82, 2.24) is 4.31 Å². The fraction of sp³-hybridized carbons (Fsp3) is 0.480. The minimum absolute atomic E-state index is 0.199. The average molecular weight is 492 g/mol. The molecule has 2 aromatic rings. The second kappa shape index (κ2) is 11.6. The van der Waals surface area contributed by atoms with Gasteiger partial charge < -0.3 is 19.3 Å². The number of ether oxygens (including phenoxy) is 3. The number of hydrogen-bond donors (Lipinski definition) is 1. The molecule has 0 amide bonds. The Morgan fingerprint density at radius 2 is 1.68 bits per heavy atom. The van der Waals surface area contributed by atoms with Gasteiger partial charge in [-0.3, -0.25) is 4.79 Å². The Kier molecular flexibility index (Phi) is 8.79. The largest absolute Gasteiger partial charge is 0.493 e. The summed E-state index contributed by atoms with van der Waals surface area (Å²) in [7, 11) is 0.909. The van der Waals surface area contributed by atoms with Gasteiger partial charge in [0.05, 0.1) is 27.1 Å². The van der Waals surface area contributed by atoms with Gasteiger partial charge in [-0.25, -0.2) is 8.42 Å². The molecule has 3 rings (SSSR count). The Bertz CT molecular complexity index is 1050. The lowest BCUT2D eigenvalue weighted by molar-refractivity contribution is -0.144. The van der Waals surface area contributed by atoms with Gasteiger partial charge in [-0.15, -0.1) is 0 Å². The van der Waals surface area contributed by atoms with Crippen molar-refractivity contribution in [3.05, 3.63) is 53.6 Å². The molecule has 34 heavy (non-hydrogen) atoms. The standard InChI is InChI=1S/C25H33NO7S/c1-31-21-15-19(16-22(32-2)24(21)33-3)11-7-12-20-13-8-14-26(23(20)25(27)28)34(29,30)17-18-9-5-4-6-10-18/h4-6,9-10,15-16,20,23H,7-8,11-14,17H2,1-3H3,(H,27,28). The minimum atomic E-state index is -3.76. The van der Waals surface area contributed by atoms with E-state index in [-0.39, 0.29) is 18.2 Å². The Balaban J connectivity index is 1.71. The molecule has 1 heterocycles. The molecule has 2 atom stereocenters. The Hall–Kier alpha value is -2.78. The molecule has 8 nitrogen and oxygen atoms in total. The third kappa shape index (κ3) is 6.01. The SMILES string of the molecule is COc1cc(CCCC2CCCN(S(=O)(=O)Cc3ccccc3)C2C(=O)O)cc(OC)c1OC. The van der Waals surface area contributed by atoms with E-state index in [0.717, 1.165) is 5.56 Å². The highest BCUT2D eigenvalue weighted by Crippen LogP contribution is 2.39. The summed E-state index contributed by atoms with van der Waals surface area (Å²) in [5.74, 6) is 0.113. The maximum absolute atomic E-state index is 13.1. The van der Waals surface area contributed by atoms with Crippen molar-refractivity contribution < 1.29 is 32.5 Å². The number of nitrogens with zero attached hydrogens (tertiary/aromatic N) is 1. The zero-order valence-electron chi connectivity index (χ0n) is 19.9. The van der Waals surface area contributed by atoms with Crippen LogP contribution in [0.3, 0.4) is 0 Å². The lowest BCUT2D eigenvalue weighted by atomic mass is 9.86. The van der Waals surface area contributed by atoms with Crippen molar-refractivity contribution in [2.24, 2.45) is 5.92 Å². The zero-order chi connectivity index (χ0) is 24.7. The van der Waals surface area contributed by atoms with Gasteiger partial charge >= 0.3 is 5.97 Å². The van der Waals surface area contributed by atoms with Crippen molar-refractivity contribution in [2.45, 2.75) is 43.9 Å². The molecular weight excluding hydrogens is 458 g/mol. The summed E-state index contributed by atoms with van der Waals surface area (Å²) in [6.45, 7) is 0.232. The molecule has 0 saturated carbocycles. The number of aliphatic carboxylic acids is 1. The molecule has 0 spiro atoms. The van der Waals surface area contributed by atoms with Crippen molar-refractivity contribution in [3.8, 4) is 17.2 Å². The monoisotopic (exact) mass is 491 g/mol. The van der Waals surface area contributed by atoms with Crippen LogP contribution in [0.4, 0.5) is 0 Å². The fourth-order valence-electron chi connectivity index (χ4n) is 4.70. The molecule has 0 aromatic heterocycles. The number of aryl methyl sites for hydroxylation is 1. The molecule has 0 aliphatic carbocycles. The van der Waals surface area contributed by atoms with Crippen LogP contribution in [0.1, 0.15) is 36.8 Å². The Morgan fingerprint density at radius 1 is 1.03 bits per heavy atom. The van der Waals surface area contributed by atoms with Crippen LogP contribution in [-0.4, -0.2) is 57.7 Å². The fourth-order valence-corrected chi connectivity index (χ4v) is 6.49. The molecule has 1 fully saturated rings. The number of piperidine rings is 1. The Labute approximate surface area is 201 Å². The number of carboxylic acid groups (broad SMARTS) is 1. The molecule has 9 heteroatoms. The van der Waals surface area contributed by atoms with Gasteiger partial charge in [0.15, 0.2) is 11.5 Å². The van der Waals surface area contributed by atoms with Gasteiger partial charge in [0.1, 0.15) is 6.04 Å². The smallest absolute Gasteiger partial charge is 0.322 e. The maximum Gasteiger partial charge on any atom is 0.322 e. The summed E-state index contributed by atoms with van der Waals surface area (Å²) in [6, 6.07) is 11.6. The highest BCUT2D eigenvalue weighted by molar-refractivity contribution is 7.88. The third-order valence-corrected chi connectivity index (χ3v) is 8.10. The highest BCUT2D eigenvalue weighted by Gasteiger charge is 2.42. The van der Waals surface area contributed by atoms with Crippen LogP contribution < -0.4 is 14.2 Å². The van der Waals surface area contributed by atoms with Crippen molar-refractivity contribution >= 4 is 16.0 Å². The van der Waals surface area contributed by atoms with E-state index in [4.69, 9.17) is 14.2 Å². The number of rotatable bonds is 11. The molecule has 0 bridgehead atoms. The van der Waals surface area contributed by atoms with Crippen molar-refractivity contribution in [3.63, 3.8) is 0 Å². The number of hydrogen-bond acceptors (Lipinski definition) is 6. The summed E-state index contributed by atoms with van der Waals surface area (Å²) in [5.41, 5.74) is 1.63. The van der Waals surface area contributed by atoms with Crippen LogP contribution >= 0.6 is 0 Å². The first-order chi connectivity index (χ1) is 16.3. The number of carbonyl (C=O) groups is 1. The molecule has 1 saturated heterocycles. The van der Waals surface area contributed by atoms with E-state index in [2.05, 4.69) is 0 Å². The first-order valence-electron chi connectivity index (χ1n) is 11.4. The number of benzene rings is 2. The third-order valence-electron chi connectivity index (χ3n) is 6.28. The van der Waals surface area contributed by atoms with E-state index in [1.54, 1.807) is 45.6 Å². The minimum Gasteiger partial charge on any atom is -0.493 e. The predicted octanol–water partition coefficient (Wildman–Crippen LogP) is 3.73. The quantitative estimate of drug-likeness (QED) is 0.511. The highest BCUT2D eigenvalue weighted by atomic mass is 32.2. The molecule has 2 unspecified atom stereocenters. The molecule has 2 aromatic carbocycles. The van der Waals surface area contributed by atoms with E-state index >= 15 is 0 Å². The van der Waals surface area contributed by atoms with Crippen LogP contribution in [0, 0.1) is 5.92 Å². The number of methoxy groups -OCH3 is 3. The lowest BCUT2D eigenvalue weighted by Crippen LogP contribution is -2.52. The molecule has 1 aliphatic heterocycles. The first kappa shape index (κ1) is 25.8. The number of sulfonamides is 1. The van der Waals surface area contributed by atoms with Gasteiger partial charge in [0, 0.05) is 6.54 Å². The van der Waals surface area contributed by atoms with Gasteiger partial charge in [-0.2, -0.15) is 4.31 Å². The predicted molar refractivity (Wildman–Crippen MR) is 129 cm³/mol. The lowest BCUT2D eigenvalue weighted by Gasteiger charge is -2.38. The van der Waals surface area contributed by atoms with E-state index < -0.39 is 22.0 Å². The summed E-state index contributed by atoms with van der Waals surface area (Å²) in [5, 5.41) is 9.97. The molecule has 1 aliphatic rings. The van der Waals surface area contributed by atoms with Gasteiger partial charge in [0.2, 0.25) is 15.8 Å². The first-order valence-corrected chi connectivity index (χ1v) is 13.0. The van der Waals surface area contributed by atoms with Gasteiger partial charge in [-0.05, 0) is 61.3 Å². The summed E-state index contributed by atoms with van der Waals surface area (Å²) < 4.78 is 43.7. The van der Waals surface area contributed by atoms with Gasteiger partial charge in [0.25, 0.3) is 0 Å². The zero-order valence-corrected chi connectivity index (χ0v) is 20.7. The molecule has 186 valence electrons. The maximum atomic E-state index is 13.1. The summed E-state index contributed by atoms with van der Waals surface area (Å²) >= 11 is 0. The van der Waals surface area contributed by atoms with Crippen molar-refractivity contribution in [1.29, 1.82) is 0 Å². The average Bonchev–Trinajstić information content (AvgIpc) is 2.83. The molecular formula is C25H33NO7S. The second-order valence-electron chi connectivity index (χ2n) is 8.46. The number of carboxylic acids is 1. The van der Waals surface area contributed by atoms with E-state index in [9.17, 15) is 18.3 Å². The van der Waals surface area contributed by atoms with Gasteiger partial charge in [-0.1, -0.05) is 30.3 Å².